The molecule has 0 aliphatic carbocycles. The van der Waals surface area contributed by atoms with E-state index in [-0.39, 0.29) is 12.3 Å². The lowest BCUT2D eigenvalue weighted by Crippen LogP contribution is -2.51. The molecule has 1 N–H and O–H groups in total. The summed E-state index contributed by atoms with van der Waals surface area (Å²) in [6.45, 7) is 3.21. The van der Waals surface area contributed by atoms with E-state index in [1.54, 1.807) is 0 Å². The molecule has 1 heterocycles. The molecule has 108 valence electrons. The number of sulfonamides is 1. The van der Waals surface area contributed by atoms with Crippen molar-refractivity contribution in [3.05, 3.63) is 0 Å². The molecule has 0 amide bonds. The molecule has 0 aromatic heterocycles. The van der Waals surface area contributed by atoms with E-state index in [4.69, 9.17) is 0 Å². The highest BCUT2D eigenvalue weighted by Gasteiger charge is 2.38. The van der Waals surface area contributed by atoms with Crippen LogP contribution in [0.5, 0.6) is 0 Å². The third kappa shape index (κ3) is 4.37. The van der Waals surface area contributed by atoms with Crippen LogP contribution in [0.1, 0.15) is 6.92 Å². The molecule has 1 aliphatic rings. The lowest BCUT2D eigenvalue weighted by Gasteiger charge is -2.32. The molecule has 0 bridgehead atoms. The zero-order valence-corrected chi connectivity index (χ0v) is 13.1. The van der Waals surface area contributed by atoms with Gasteiger partial charge in [0, 0.05) is 30.9 Å². The minimum Gasteiger partial charge on any atom is -0.316 e. The minimum absolute atomic E-state index is 0.0580. The SMILES string of the molecule is CCNCCS(=O)(=O)N1CCSCC1S(C)(=O)=O. The summed E-state index contributed by atoms with van der Waals surface area (Å²) in [6, 6.07) is 0. The summed E-state index contributed by atoms with van der Waals surface area (Å²) in [5.41, 5.74) is 0. The van der Waals surface area contributed by atoms with Gasteiger partial charge in [-0.25, -0.2) is 16.8 Å². The smallest absolute Gasteiger partial charge is 0.216 e. The van der Waals surface area contributed by atoms with Crippen LogP contribution in [0, 0.1) is 0 Å². The zero-order chi connectivity index (χ0) is 13.8. The first-order chi connectivity index (χ1) is 8.29. The quantitative estimate of drug-likeness (QED) is 0.655. The molecular weight excluding hydrogens is 296 g/mol. The number of nitrogens with one attached hydrogen (secondary N) is 1. The van der Waals surface area contributed by atoms with Crippen LogP contribution in [0.2, 0.25) is 0 Å². The molecule has 0 saturated carbocycles. The first-order valence-electron chi connectivity index (χ1n) is 5.76. The van der Waals surface area contributed by atoms with E-state index >= 15 is 0 Å². The summed E-state index contributed by atoms with van der Waals surface area (Å²) in [5, 5.41) is 2.02. The van der Waals surface area contributed by atoms with Crippen molar-refractivity contribution in [2.24, 2.45) is 0 Å². The Bertz CT molecular complexity index is 460. The second kappa shape index (κ2) is 6.56. The van der Waals surface area contributed by atoms with Crippen LogP contribution >= 0.6 is 11.8 Å². The van der Waals surface area contributed by atoms with Crippen molar-refractivity contribution in [1.82, 2.24) is 9.62 Å². The summed E-state index contributed by atoms with van der Waals surface area (Å²) in [6.07, 6.45) is 1.09. The van der Waals surface area contributed by atoms with Crippen LogP contribution in [0.3, 0.4) is 0 Å². The molecule has 0 radical (unpaired) electrons. The Morgan fingerprint density at radius 2 is 2.00 bits per heavy atom. The summed E-state index contributed by atoms with van der Waals surface area (Å²) >= 11 is 1.48. The Labute approximate surface area is 113 Å². The van der Waals surface area contributed by atoms with Crippen molar-refractivity contribution in [2.75, 3.05) is 43.1 Å². The monoisotopic (exact) mass is 316 g/mol. The van der Waals surface area contributed by atoms with E-state index in [1.807, 2.05) is 6.92 Å². The number of hydrogen-bond donors (Lipinski definition) is 1. The first-order valence-corrected chi connectivity index (χ1v) is 10.5. The van der Waals surface area contributed by atoms with Gasteiger partial charge in [-0.3, -0.25) is 0 Å². The number of nitrogens with zero attached hydrogens (tertiary/aromatic N) is 1. The molecule has 9 heteroatoms. The zero-order valence-electron chi connectivity index (χ0n) is 10.6. The Morgan fingerprint density at radius 3 is 2.56 bits per heavy atom. The van der Waals surface area contributed by atoms with Gasteiger partial charge in [0.1, 0.15) is 5.37 Å². The van der Waals surface area contributed by atoms with E-state index in [9.17, 15) is 16.8 Å². The van der Waals surface area contributed by atoms with Gasteiger partial charge in [-0.2, -0.15) is 16.1 Å². The van der Waals surface area contributed by atoms with Crippen molar-refractivity contribution >= 4 is 31.6 Å². The average molecular weight is 316 g/mol. The third-order valence-corrected chi connectivity index (χ3v) is 7.32. The molecule has 1 aliphatic heterocycles. The molecule has 6 nitrogen and oxygen atoms in total. The molecule has 0 aromatic carbocycles. The molecule has 0 aromatic rings. The Kier molecular flexibility index (Phi) is 5.91. The van der Waals surface area contributed by atoms with Gasteiger partial charge in [0.25, 0.3) is 0 Å². The second-order valence-corrected chi connectivity index (χ2v) is 9.53. The number of hydrogen-bond acceptors (Lipinski definition) is 6. The predicted octanol–water partition coefficient (Wildman–Crippen LogP) is -0.655. The molecular formula is C9H20N2O4S3. The normalized spacial score (nSPS) is 23.1. The standard InChI is InChI=1S/C9H20N2O4S3/c1-3-10-4-7-18(14,15)11-5-6-16-8-9(11)17(2,12)13/h9-10H,3-8H2,1-2H3. The Morgan fingerprint density at radius 1 is 1.33 bits per heavy atom. The molecule has 1 saturated heterocycles. The first kappa shape index (κ1) is 16.2. The fourth-order valence-corrected chi connectivity index (χ4v) is 6.91. The Hall–Kier alpha value is 0.170. The largest absolute Gasteiger partial charge is 0.316 e. The number of thioether (sulfide) groups is 1. The highest BCUT2D eigenvalue weighted by molar-refractivity contribution is 8.01. The second-order valence-electron chi connectivity index (χ2n) is 4.14. The molecule has 1 atom stereocenters. The maximum Gasteiger partial charge on any atom is 0.216 e. The van der Waals surface area contributed by atoms with Crippen molar-refractivity contribution in [2.45, 2.75) is 12.3 Å². The van der Waals surface area contributed by atoms with Gasteiger partial charge in [-0.1, -0.05) is 6.92 Å². The predicted molar refractivity (Wildman–Crippen MR) is 75.0 cm³/mol. The fraction of sp³-hybridized carbons (Fsp3) is 1.00. The molecule has 1 rings (SSSR count). The van der Waals surface area contributed by atoms with E-state index < -0.39 is 25.2 Å². The third-order valence-electron chi connectivity index (χ3n) is 2.68. The van der Waals surface area contributed by atoms with Crippen LogP contribution in [-0.2, 0) is 19.9 Å². The lowest BCUT2D eigenvalue weighted by atomic mass is 10.6. The summed E-state index contributed by atoms with van der Waals surface area (Å²) in [5.74, 6) is 0.906. The highest BCUT2D eigenvalue weighted by Crippen LogP contribution is 2.23. The minimum atomic E-state index is -3.51. The topological polar surface area (TPSA) is 83.6 Å². The van der Waals surface area contributed by atoms with E-state index in [0.717, 1.165) is 10.6 Å². The fourth-order valence-electron chi connectivity index (χ4n) is 1.72. The van der Waals surface area contributed by atoms with Crippen LogP contribution in [-0.4, -0.2) is 69.7 Å². The van der Waals surface area contributed by atoms with Gasteiger partial charge in [0.2, 0.25) is 10.0 Å². The van der Waals surface area contributed by atoms with Crippen LogP contribution in [0.4, 0.5) is 0 Å². The van der Waals surface area contributed by atoms with Crippen molar-refractivity contribution in [3.63, 3.8) is 0 Å². The van der Waals surface area contributed by atoms with E-state index in [2.05, 4.69) is 5.32 Å². The van der Waals surface area contributed by atoms with Gasteiger partial charge in [-0.15, -0.1) is 0 Å². The number of rotatable bonds is 6. The average Bonchev–Trinajstić information content (AvgIpc) is 2.28. The molecule has 1 unspecified atom stereocenters. The number of sulfone groups is 1. The molecule has 0 spiro atoms. The van der Waals surface area contributed by atoms with E-state index in [1.165, 1.54) is 11.8 Å². The van der Waals surface area contributed by atoms with Crippen LogP contribution in [0.15, 0.2) is 0 Å². The van der Waals surface area contributed by atoms with Crippen LogP contribution in [0.25, 0.3) is 0 Å². The Balaban J connectivity index is 2.83. The maximum atomic E-state index is 12.1. The molecule has 1 fully saturated rings. The maximum absolute atomic E-state index is 12.1. The van der Waals surface area contributed by atoms with Crippen molar-refractivity contribution in [1.29, 1.82) is 0 Å². The van der Waals surface area contributed by atoms with Crippen LogP contribution < -0.4 is 5.32 Å². The highest BCUT2D eigenvalue weighted by atomic mass is 32.2. The van der Waals surface area contributed by atoms with Gasteiger partial charge >= 0.3 is 0 Å². The summed E-state index contributed by atoms with van der Waals surface area (Å²) in [7, 11) is -6.89. The van der Waals surface area contributed by atoms with Gasteiger partial charge in [0.15, 0.2) is 9.84 Å². The van der Waals surface area contributed by atoms with Gasteiger partial charge < -0.3 is 5.32 Å². The van der Waals surface area contributed by atoms with Gasteiger partial charge in [-0.05, 0) is 6.54 Å². The van der Waals surface area contributed by atoms with Gasteiger partial charge in [0.05, 0.1) is 5.75 Å². The van der Waals surface area contributed by atoms with Crippen molar-refractivity contribution in [3.8, 4) is 0 Å². The summed E-state index contributed by atoms with van der Waals surface area (Å²) in [4.78, 5) is 0. The van der Waals surface area contributed by atoms with E-state index in [0.29, 0.717) is 24.6 Å². The molecule has 18 heavy (non-hydrogen) atoms. The van der Waals surface area contributed by atoms with Crippen molar-refractivity contribution < 1.29 is 16.8 Å². The lowest BCUT2D eigenvalue weighted by molar-refractivity contribution is 0.404. The summed E-state index contributed by atoms with van der Waals surface area (Å²) < 4.78 is 48.7.